The minimum atomic E-state index is -5.11. The molecule has 0 saturated carbocycles. The van der Waals surface area contributed by atoms with Gasteiger partial charge in [-0.1, -0.05) is 12.2 Å². The van der Waals surface area contributed by atoms with Gasteiger partial charge in [-0.2, -0.15) is 4.98 Å². The van der Waals surface area contributed by atoms with Crippen LogP contribution in [0.2, 0.25) is 0 Å². The highest BCUT2D eigenvalue weighted by atomic mass is 32.7. The Hall–Kier alpha value is -3.07. The van der Waals surface area contributed by atoms with Crippen molar-refractivity contribution >= 4 is 61.2 Å². The third kappa shape index (κ3) is 5.29. The predicted molar refractivity (Wildman–Crippen MR) is 149 cm³/mol. The number of ether oxygens (including phenoxy) is 2. The maximum Gasteiger partial charge on any atom is 0.338 e. The zero-order valence-electron chi connectivity index (χ0n) is 22.0. The van der Waals surface area contributed by atoms with Crippen LogP contribution in [0.5, 0.6) is 0 Å². The second-order valence-electron chi connectivity index (χ2n) is 9.76. The molecule has 2 saturated heterocycles. The predicted octanol–water partition coefficient (Wildman–Crippen LogP) is -0.138. The van der Waals surface area contributed by atoms with E-state index in [0.717, 1.165) is 17.2 Å². The van der Waals surface area contributed by atoms with Crippen molar-refractivity contribution < 1.29 is 46.4 Å². The molecule has 7 N–H and O–H groups in total. The Morgan fingerprint density at radius 2 is 1.75 bits per heavy atom. The van der Waals surface area contributed by atoms with Crippen LogP contribution < -0.4 is 17.0 Å². The summed E-state index contributed by atoms with van der Waals surface area (Å²) in [6.07, 6.45) is -8.83. The van der Waals surface area contributed by atoms with E-state index in [4.69, 9.17) is 30.0 Å². The van der Waals surface area contributed by atoms with Crippen molar-refractivity contribution in [2.45, 2.75) is 48.8 Å². The van der Waals surface area contributed by atoms with Crippen molar-refractivity contribution in [3.05, 3.63) is 29.3 Å². The number of alkyl halides is 2. The van der Waals surface area contributed by atoms with Crippen molar-refractivity contribution in [2.75, 3.05) is 24.7 Å². The van der Waals surface area contributed by atoms with Crippen LogP contribution in [-0.2, 0) is 27.7 Å². The van der Waals surface area contributed by atoms with Crippen LogP contribution in [-0.4, -0.2) is 98.6 Å². The number of H-pyrrole nitrogens is 1. The number of thiol groups is 1. The highest BCUT2D eigenvalue weighted by Crippen LogP contribution is 2.58. The van der Waals surface area contributed by atoms with E-state index in [1.54, 1.807) is 0 Å². The van der Waals surface area contributed by atoms with Crippen LogP contribution in [0.15, 0.2) is 23.8 Å². The SMILES string of the molecule is Nc1nc2c(ncn2[C@@H]2O[C@H](CO)[C@@H](F)[C@H]2P(=O)(O)OC[C@H]2O[C@@H](n3cnc4c(N)ncnc43)[C@@H](F)[C@@H]2O[PH](=O)S)c(=O)[nH]1. The van der Waals surface area contributed by atoms with Gasteiger partial charge in [0.15, 0.2) is 41.3 Å². The number of nitrogens with zero attached hydrogens (tertiary/aromatic N) is 7. The Morgan fingerprint density at radius 1 is 1.07 bits per heavy atom. The summed E-state index contributed by atoms with van der Waals surface area (Å²) in [6.45, 7) is -1.75. The van der Waals surface area contributed by atoms with E-state index in [2.05, 4.69) is 42.2 Å². The number of rotatable bonds is 9. The highest BCUT2D eigenvalue weighted by molar-refractivity contribution is 8.39. The molecule has 2 fully saturated rings. The second-order valence-corrected chi connectivity index (χ2v) is 13.6. The minimum Gasteiger partial charge on any atom is -0.394 e. The van der Waals surface area contributed by atoms with E-state index < -0.39 is 82.4 Å². The van der Waals surface area contributed by atoms with Gasteiger partial charge in [0, 0.05) is 0 Å². The highest BCUT2D eigenvalue weighted by Gasteiger charge is 2.57. The lowest BCUT2D eigenvalue weighted by molar-refractivity contribution is -0.0416. The van der Waals surface area contributed by atoms with Crippen LogP contribution in [0, 0.1) is 0 Å². The van der Waals surface area contributed by atoms with Gasteiger partial charge >= 0.3 is 7.60 Å². The molecule has 6 rings (SSSR count). The Labute approximate surface area is 249 Å². The summed E-state index contributed by atoms with van der Waals surface area (Å²) in [4.78, 5) is 45.3. The smallest absolute Gasteiger partial charge is 0.338 e. The zero-order valence-corrected chi connectivity index (χ0v) is 24.7. The molecule has 0 bridgehead atoms. The van der Waals surface area contributed by atoms with E-state index in [0.29, 0.717) is 0 Å². The third-order valence-electron chi connectivity index (χ3n) is 7.16. The summed E-state index contributed by atoms with van der Waals surface area (Å²) in [5, 5.41) is 9.67. The van der Waals surface area contributed by atoms with Crippen LogP contribution in [0.1, 0.15) is 12.5 Å². The van der Waals surface area contributed by atoms with Gasteiger partial charge in [-0.05, 0) is 0 Å². The number of aliphatic hydroxyl groups excluding tert-OH is 1. The number of aliphatic hydroxyl groups is 1. The van der Waals surface area contributed by atoms with Gasteiger partial charge in [0.25, 0.3) is 5.56 Å². The molecule has 0 amide bonds. The first-order valence-electron chi connectivity index (χ1n) is 12.6. The first kappa shape index (κ1) is 30.9. The van der Waals surface area contributed by atoms with E-state index >= 15 is 8.78 Å². The molecule has 0 radical (unpaired) electrons. The van der Waals surface area contributed by atoms with Gasteiger partial charge < -0.3 is 40.0 Å². The van der Waals surface area contributed by atoms with Crippen LogP contribution in [0.3, 0.4) is 0 Å². The molecule has 6 heterocycles. The van der Waals surface area contributed by atoms with E-state index in [9.17, 15) is 23.9 Å². The topological polar surface area (TPSA) is 271 Å². The number of aromatic nitrogens is 8. The molecule has 0 spiro atoms. The van der Waals surface area contributed by atoms with Crippen LogP contribution >= 0.6 is 27.1 Å². The number of anilines is 2. The molecular weight excluding hydrogens is 656 g/mol. The molecule has 44 heavy (non-hydrogen) atoms. The molecule has 2 unspecified atom stereocenters. The monoisotopic (exact) mass is 680 g/mol. The van der Waals surface area contributed by atoms with Gasteiger partial charge in [-0.15, -0.1) is 0 Å². The molecule has 24 heteroatoms. The van der Waals surface area contributed by atoms with Crippen molar-refractivity contribution in [3.8, 4) is 0 Å². The van der Waals surface area contributed by atoms with Gasteiger partial charge in [0.1, 0.15) is 42.0 Å². The second kappa shape index (κ2) is 11.7. The molecule has 19 nitrogen and oxygen atoms in total. The van der Waals surface area contributed by atoms with Gasteiger partial charge in [-0.3, -0.25) is 28.0 Å². The lowest BCUT2D eigenvalue weighted by Gasteiger charge is -2.26. The summed E-state index contributed by atoms with van der Waals surface area (Å²) < 4.78 is 80.7. The fourth-order valence-electron chi connectivity index (χ4n) is 5.19. The first-order chi connectivity index (χ1) is 20.9. The Kier molecular flexibility index (Phi) is 8.22. The Balaban J connectivity index is 1.29. The molecule has 4 aromatic rings. The number of hydrogen-bond acceptors (Lipinski definition) is 15. The fourth-order valence-corrected chi connectivity index (χ4v) is 7.69. The molecule has 0 aromatic carbocycles. The lowest BCUT2D eigenvalue weighted by Crippen LogP contribution is -2.34. The van der Waals surface area contributed by atoms with E-state index in [1.165, 1.54) is 10.9 Å². The summed E-state index contributed by atoms with van der Waals surface area (Å²) in [5.74, 6) is -0.305. The number of nitrogen functional groups attached to an aromatic ring is 2. The Morgan fingerprint density at radius 3 is 2.45 bits per heavy atom. The molecule has 238 valence electrons. The molecule has 2 aliphatic heterocycles. The maximum atomic E-state index is 15.7. The maximum absolute atomic E-state index is 15.7. The zero-order chi connectivity index (χ0) is 31.5. The number of hydrogen-bond donors (Lipinski definition) is 6. The van der Waals surface area contributed by atoms with Gasteiger partial charge in [-0.25, -0.2) is 28.7 Å². The fraction of sp³-hybridized carbons (Fsp3) is 0.500. The molecule has 0 aliphatic carbocycles. The average Bonchev–Trinajstić information content (AvgIpc) is 3.72. The van der Waals surface area contributed by atoms with Crippen molar-refractivity contribution in [1.29, 1.82) is 0 Å². The number of fused-ring (bicyclic) bond motifs is 2. The van der Waals surface area contributed by atoms with Crippen LogP contribution in [0.4, 0.5) is 20.5 Å². The average molecular weight is 680 g/mol. The van der Waals surface area contributed by atoms with Crippen molar-refractivity contribution in [2.24, 2.45) is 0 Å². The van der Waals surface area contributed by atoms with Crippen LogP contribution in [0.25, 0.3) is 22.3 Å². The summed E-state index contributed by atoms with van der Waals surface area (Å²) in [5.41, 5.74) is 8.51. The number of nitrogens with one attached hydrogen (secondary N) is 1. The minimum absolute atomic E-state index is 0.0138. The molecule has 4 aromatic heterocycles. The molecular formula is C20H24F2N10O9P2S. The molecule has 10 atom stereocenters. The third-order valence-corrected chi connectivity index (χ3v) is 9.76. The van der Waals surface area contributed by atoms with Crippen molar-refractivity contribution in [3.63, 3.8) is 0 Å². The quantitative estimate of drug-likeness (QED) is 0.0992. The van der Waals surface area contributed by atoms with Crippen molar-refractivity contribution in [1.82, 2.24) is 39.0 Å². The van der Waals surface area contributed by atoms with Gasteiger partial charge in [0.05, 0.1) is 25.9 Å². The normalized spacial score (nSPS) is 31.1. The van der Waals surface area contributed by atoms with E-state index in [1.807, 2.05) is 0 Å². The Bertz CT molecular complexity index is 1850. The van der Waals surface area contributed by atoms with E-state index in [-0.39, 0.29) is 34.1 Å². The summed E-state index contributed by atoms with van der Waals surface area (Å²) >= 11 is 3.71. The van der Waals surface area contributed by atoms with Gasteiger partial charge in [0.2, 0.25) is 13.2 Å². The lowest BCUT2D eigenvalue weighted by atomic mass is 10.1. The summed E-state index contributed by atoms with van der Waals surface area (Å²) in [7, 11) is -8.18. The largest absolute Gasteiger partial charge is 0.394 e. The number of nitrogens with two attached hydrogens (primary N) is 2. The number of aromatic amines is 1. The number of halogens is 2. The number of imidazole rings is 2. The first-order valence-corrected chi connectivity index (χ1v) is 16.9. The summed E-state index contributed by atoms with van der Waals surface area (Å²) in [6, 6.07) is 0. The standard InChI is InChI=1S/C20H24F2N10O9P2S/c21-8-6(1-33)39-19(32-5-28-11-16(32)29-20(24)30-17(11)34)13(8)43(36,37)38-2-7-12(41-42(35)44)9(22)18(40-7)31-4-27-10-14(23)25-3-26-15(10)31/h3-9,12-13,18-19,33,42H,1-2H2,(H,35,44)(H,36,37)(H2,23,25,26)(H3,24,29,30,34)/t6-,7-,8-,9+,12-,13-,18-,19-/m1/s1. The molecule has 2 aliphatic rings.